The van der Waals surface area contributed by atoms with E-state index in [2.05, 4.69) is 5.32 Å². The molecule has 2 N–H and O–H groups in total. The van der Waals surface area contributed by atoms with E-state index in [1.807, 2.05) is 0 Å². The van der Waals surface area contributed by atoms with Crippen LogP contribution in [-0.4, -0.2) is 22.8 Å². The minimum atomic E-state index is -1.59. The Morgan fingerprint density at radius 3 is 2.05 bits per heavy atom. The first-order valence-corrected chi connectivity index (χ1v) is 6.43. The summed E-state index contributed by atoms with van der Waals surface area (Å²) in [5.41, 5.74) is -1.89. The van der Waals surface area contributed by atoms with Crippen LogP contribution in [0.2, 0.25) is 5.02 Å². The van der Waals surface area contributed by atoms with Gasteiger partial charge in [0, 0.05) is 5.02 Å². The molecule has 1 rings (SSSR count). The van der Waals surface area contributed by atoms with E-state index in [0.29, 0.717) is 10.6 Å². The maximum atomic E-state index is 11.8. The molecule has 0 radical (unpaired) electrons. The van der Waals surface area contributed by atoms with Crippen molar-refractivity contribution in [3.8, 4) is 0 Å². The molecule has 20 heavy (non-hydrogen) atoms. The number of hydrogen-bond donors (Lipinski definition) is 2. The fourth-order valence-corrected chi connectivity index (χ4v) is 1.67. The summed E-state index contributed by atoms with van der Waals surface area (Å²) in [5, 5.41) is 12.3. The van der Waals surface area contributed by atoms with Crippen LogP contribution in [0.1, 0.15) is 33.3 Å². The first-order valence-electron chi connectivity index (χ1n) is 6.05. The van der Waals surface area contributed by atoms with E-state index in [9.17, 15) is 14.7 Å². The Morgan fingerprint density at radius 2 is 1.65 bits per heavy atom. The molecule has 110 valence electrons. The Kier molecular flexibility index (Phi) is 4.65. The molecule has 0 spiro atoms. The normalized spacial score (nSPS) is 14.2. The van der Waals surface area contributed by atoms with E-state index in [0.717, 1.165) is 0 Å². The van der Waals surface area contributed by atoms with Crippen molar-refractivity contribution in [2.24, 2.45) is 0 Å². The number of carboxylic acids is 1. The number of carbonyl (C=O) groups is 2. The Hall–Kier alpha value is -1.75. The number of ether oxygens (including phenoxy) is 1. The standard InChI is InChI=1S/C14H18ClNO4/c1-13(2,3)20-12(19)16-14(4,11(17)18)9-5-7-10(15)8-6-9/h5-8H,1-4H3,(H,16,19)(H,17,18)/t14-/m0/s1. The van der Waals surface area contributed by atoms with E-state index in [-0.39, 0.29) is 0 Å². The van der Waals surface area contributed by atoms with Crippen molar-refractivity contribution in [2.45, 2.75) is 38.8 Å². The van der Waals surface area contributed by atoms with Gasteiger partial charge in [0.05, 0.1) is 0 Å². The van der Waals surface area contributed by atoms with Crippen molar-refractivity contribution >= 4 is 23.7 Å². The average Bonchev–Trinajstić information content (AvgIpc) is 2.26. The van der Waals surface area contributed by atoms with Crippen LogP contribution in [0.15, 0.2) is 24.3 Å². The minimum Gasteiger partial charge on any atom is -0.479 e. The molecule has 0 aliphatic carbocycles. The Labute approximate surface area is 122 Å². The highest BCUT2D eigenvalue weighted by molar-refractivity contribution is 6.30. The molecule has 0 saturated carbocycles. The predicted molar refractivity (Wildman–Crippen MR) is 75.8 cm³/mol. The molecule has 1 aromatic rings. The predicted octanol–water partition coefficient (Wildman–Crippen LogP) is 3.16. The largest absolute Gasteiger partial charge is 0.479 e. The molecule has 0 unspecified atom stereocenters. The van der Waals surface area contributed by atoms with Crippen molar-refractivity contribution in [1.29, 1.82) is 0 Å². The third-order valence-corrected chi connectivity index (χ3v) is 2.85. The lowest BCUT2D eigenvalue weighted by Gasteiger charge is -2.28. The first kappa shape index (κ1) is 16.3. The topological polar surface area (TPSA) is 75.6 Å². The maximum absolute atomic E-state index is 11.8. The van der Waals surface area contributed by atoms with E-state index in [4.69, 9.17) is 16.3 Å². The molecule has 0 saturated heterocycles. The van der Waals surface area contributed by atoms with Gasteiger partial charge in [0.25, 0.3) is 0 Å². The van der Waals surface area contributed by atoms with Crippen molar-refractivity contribution in [1.82, 2.24) is 5.32 Å². The fraction of sp³-hybridized carbons (Fsp3) is 0.429. The zero-order chi connectivity index (χ0) is 15.6. The van der Waals surface area contributed by atoms with Crippen LogP contribution in [0.25, 0.3) is 0 Å². The Morgan fingerprint density at radius 1 is 1.15 bits per heavy atom. The average molecular weight is 300 g/mol. The SMILES string of the molecule is CC(C)(C)OC(=O)N[C@](C)(C(=O)O)c1ccc(Cl)cc1. The Bertz CT molecular complexity index is 507. The number of alkyl carbamates (subject to hydrolysis) is 1. The van der Waals surface area contributed by atoms with E-state index < -0.39 is 23.2 Å². The molecule has 0 heterocycles. The van der Waals surface area contributed by atoms with Crippen LogP contribution >= 0.6 is 11.6 Å². The van der Waals surface area contributed by atoms with Gasteiger partial charge in [-0.2, -0.15) is 0 Å². The lowest BCUT2D eigenvalue weighted by molar-refractivity contribution is -0.144. The molecule has 0 aliphatic heterocycles. The summed E-state index contributed by atoms with van der Waals surface area (Å²) in [6.45, 7) is 6.50. The number of rotatable bonds is 3. The highest BCUT2D eigenvalue weighted by Crippen LogP contribution is 2.23. The molecule has 1 amide bonds. The molecule has 5 nitrogen and oxygen atoms in total. The number of halogens is 1. The van der Waals surface area contributed by atoms with Gasteiger partial charge in [-0.15, -0.1) is 0 Å². The van der Waals surface area contributed by atoms with E-state index in [1.54, 1.807) is 45.0 Å². The lowest BCUT2D eigenvalue weighted by Crippen LogP contribution is -2.51. The second kappa shape index (κ2) is 5.71. The molecule has 6 heteroatoms. The van der Waals surface area contributed by atoms with E-state index >= 15 is 0 Å². The number of carbonyl (C=O) groups excluding carboxylic acids is 1. The van der Waals surface area contributed by atoms with Crippen LogP contribution in [0.3, 0.4) is 0 Å². The van der Waals surface area contributed by atoms with Crippen LogP contribution < -0.4 is 5.32 Å². The minimum absolute atomic E-state index is 0.403. The second-order valence-corrected chi connectivity index (χ2v) is 6.00. The van der Waals surface area contributed by atoms with Gasteiger partial charge in [0.1, 0.15) is 5.60 Å². The summed E-state index contributed by atoms with van der Waals surface area (Å²) < 4.78 is 5.09. The number of benzene rings is 1. The molecule has 0 aromatic heterocycles. The van der Waals surface area contributed by atoms with Gasteiger partial charge in [-0.1, -0.05) is 23.7 Å². The zero-order valence-electron chi connectivity index (χ0n) is 11.9. The summed E-state index contributed by atoms with van der Waals surface area (Å²) in [5.74, 6) is -1.19. The van der Waals surface area contributed by atoms with Gasteiger partial charge in [-0.3, -0.25) is 0 Å². The summed E-state index contributed by atoms with van der Waals surface area (Å²) in [6, 6.07) is 6.23. The van der Waals surface area contributed by atoms with Gasteiger partial charge >= 0.3 is 12.1 Å². The zero-order valence-corrected chi connectivity index (χ0v) is 12.6. The van der Waals surface area contributed by atoms with Crippen molar-refractivity contribution in [2.75, 3.05) is 0 Å². The molecule has 1 atom stereocenters. The summed E-state index contributed by atoms with van der Waals surface area (Å²) in [7, 11) is 0. The molecule has 0 aliphatic rings. The van der Waals surface area contributed by atoms with Gasteiger partial charge < -0.3 is 15.2 Å². The molecular formula is C14H18ClNO4. The van der Waals surface area contributed by atoms with Crippen molar-refractivity contribution in [3.63, 3.8) is 0 Å². The molecule has 1 aromatic carbocycles. The molecule has 0 bridgehead atoms. The van der Waals surface area contributed by atoms with Crippen LogP contribution in [0.5, 0.6) is 0 Å². The second-order valence-electron chi connectivity index (χ2n) is 5.56. The number of nitrogens with one attached hydrogen (secondary N) is 1. The lowest BCUT2D eigenvalue weighted by atomic mass is 9.92. The summed E-state index contributed by atoms with van der Waals surface area (Å²) >= 11 is 5.77. The summed E-state index contributed by atoms with van der Waals surface area (Å²) in [4.78, 5) is 23.3. The third-order valence-electron chi connectivity index (χ3n) is 2.60. The molecular weight excluding hydrogens is 282 g/mol. The van der Waals surface area contributed by atoms with Crippen molar-refractivity contribution < 1.29 is 19.4 Å². The van der Waals surface area contributed by atoms with Crippen molar-refractivity contribution in [3.05, 3.63) is 34.9 Å². The number of amides is 1. The van der Waals surface area contributed by atoms with Gasteiger partial charge in [-0.25, -0.2) is 9.59 Å². The van der Waals surface area contributed by atoms with Crippen LogP contribution in [0, 0.1) is 0 Å². The highest BCUT2D eigenvalue weighted by Gasteiger charge is 2.38. The number of carboxylic acid groups (broad SMARTS) is 1. The monoisotopic (exact) mass is 299 g/mol. The van der Waals surface area contributed by atoms with E-state index in [1.165, 1.54) is 6.92 Å². The number of aliphatic carboxylic acids is 1. The van der Waals surface area contributed by atoms with Crippen LogP contribution in [-0.2, 0) is 15.1 Å². The number of hydrogen-bond acceptors (Lipinski definition) is 3. The fourth-order valence-electron chi connectivity index (χ4n) is 1.54. The van der Waals surface area contributed by atoms with Gasteiger partial charge in [-0.05, 0) is 45.4 Å². The quantitative estimate of drug-likeness (QED) is 0.899. The smallest absolute Gasteiger partial charge is 0.408 e. The summed E-state index contributed by atoms with van der Waals surface area (Å²) in [6.07, 6.45) is -0.794. The van der Waals surface area contributed by atoms with Gasteiger partial charge in [0.2, 0.25) is 0 Å². The maximum Gasteiger partial charge on any atom is 0.408 e. The highest BCUT2D eigenvalue weighted by atomic mass is 35.5. The first-order chi connectivity index (χ1) is 9.04. The van der Waals surface area contributed by atoms with Gasteiger partial charge in [0.15, 0.2) is 5.54 Å². The third kappa shape index (κ3) is 4.13. The van der Waals surface area contributed by atoms with Crippen LogP contribution in [0.4, 0.5) is 4.79 Å². The molecule has 0 fully saturated rings. The Balaban J connectivity index is 3.01.